The van der Waals surface area contributed by atoms with Crippen LogP contribution >= 0.6 is 0 Å². The van der Waals surface area contributed by atoms with E-state index in [4.69, 9.17) is 0 Å². The topological polar surface area (TPSA) is 50.5 Å². The van der Waals surface area contributed by atoms with Crippen molar-refractivity contribution in [2.45, 2.75) is 33.2 Å². The minimum absolute atomic E-state index is 0.0124. The minimum atomic E-state index is -0.0282. The van der Waals surface area contributed by atoms with Gasteiger partial charge in [-0.2, -0.15) is 0 Å². The Morgan fingerprint density at radius 3 is 2.79 bits per heavy atom. The summed E-state index contributed by atoms with van der Waals surface area (Å²) in [6, 6.07) is 7.88. The molecule has 124 valence electrons. The van der Waals surface area contributed by atoms with Crippen LogP contribution in [0.1, 0.15) is 46.7 Å². The number of carbonyl (C=O) groups is 1. The maximum absolute atomic E-state index is 13.1. The van der Waals surface area contributed by atoms with Crippen LogP contribution in [-0.4, -0.2) is 32.2 Å². The van der Waals surface area contributed by atoms with Crippen LogP contribution in [0.2, 0.25) is 0 Å². The molecule has 0 bridgehead atoms. The van der Waals surface area contributed by atoms with E-state index in [2.05, 4.69) is 16.9 Å². The lowest BCUT2D eigenvalue weighted by atomic mass is 10.0. The molecular weight excluding hydrogens is 300 g/mol. The normalized spacial score (nSPS) is 12.3. The van der Waals surface area contributed by atoms with Gasteiger partial charge in [-0.05, 0) is 49.6 Å². The molecule has 0 saturated carbocycles. The van der Waals surface area contributed by atoms with Crippen LogP contribution in [0.4, 0.5) is 0 Å². The molecule has 0 saturated heterocycles. The van der Waals surface area contributed by atoms with E-state index in [1.807, 2.05) is 62.0 Å². The first kappa shape index (κ1) is 16.2. The van der Waals surface area contributed by atoms with E-state index in [9.17, 15) is 4.79 Å². The molecule has 0 aliphatic rings. The molecule has 0 fully saturated rings. The van der Waals surface area contributed by atoms with Gasteiger partial charge in [-0.15, -0.1) is 0 Å². The van der Waals surface area contributed by atoms with Gasteiger partial charge in [-0.25, -0.2) is 4.98 Å². The number of aryl methyl sites for hydroxylation is 2. The van der Waals surface area contributed by atoms with E-state index in [1.165, 1.54) is 0 Å². The Morgan fingerprint density at radius 1 is 1.33 bits per heavy atom. The highest BCUT2D eigenvalue weighted by Gasteiger charge is 2.25. The van der Waals surface area contributed by atoms with Crippen molar-refractivity contribution in [3.8, 4) is 0 Å². The van der Waals surface area contributed by atoms with Crippen LogP contribution in [0.5, 0.6) is 0 Å². The van der Waals surface area contributed by atoms with Crippen LogP contribution in [0, 0.1) is 13.8 Å². The minimum Gasteiger partial charge on any atom is -0.333 e. The lowest BCUT2D eigenvalue weighted by Gasteiger charge is -2.27. The molecular formula is C19H22N4O. The largest absolute Gasteiger partial charge is 0.333 e. The van der Waals surface area contributed by atoms with Crippen LogP contribution in [-0.2, 0) is 0 Å². The number of carbonyl (C=O) groups excluding carboxylic acids is 1. The van der Waals surface area contributed by atoms with Crippen LogP contribution in [0.25, 0.3) is 5.65 Å². The summed E-state index contributed by atoms with van der Waals surface area (Å²) >= 11 is 0. The van der Waals surface area contributed by atoms with Crippen molar-refractivity contribution < 1.29 is 4.79 Å². The van der Waals surface area contributed by atoms with Crippen LogP contribution in [0.3, 0.4) is 0 Å². The van der Waals surface area contributed by atoms with E-state index in [1.54, 1.807) is 11.1 Å². The summed E-state index contributed by atoms with van der Waals surface area (Å²) in [6.07, 6.45) is 6.30. The molecule has 24 heavy (non-hydrogen) atoms. The summed E-state index contributed by atoms with van der Waals surface area (Å²) in [7, 11) is 1.84. The van der Waals surface area contributed by atoms with Gasteiger partial charge in [-0.3, -0.25) is 14.2 Å². The van der Waals surface area contributed by atoms with Crippen molar-refractivity contribution in [1.29, 1.82) is 0 Å². The fourth-order valence-corrected chi connectivity index (χ4v) is 3.14. The molecule has 0 N–H and O–H groups in total. The molecule has 3 aromatic rings. The standard InChI is InChI=1S/C19H22N4O/c1-5-16(15-7-6-9-20-12-15)22(4)19(24)18-14(3)21-17-11-13(2)8-10-23(17)18/h6-12,16H,5H2,1-4H3/t16-/m0/s1. The zero-order valence-corrected chi connectivity index (χ0v) is 14.5. The number of amides is 1. The van der Waals surface area contributed by atoms with Gasteiger partial charge in [0.1, 0.15) is 11.3 Å². The summed E-state index contributed by atoms with van der Waals surface area (Å²) in [6.45, 7) is 5.98. The lowest BCUT2D eigenvalue weighted by Crippen LogP contribution is -2.32. The van der Waals surface area contributed by atoms with Crippen molar-refractivity contribution in [2.75, 3.05) is 7.05 Å². The second-order valence-electron chi connectivity index (χ2n) is 6.10. The molecule has 0 unspecified atom stereocenters. The average Bonchev–Trinajstić information content (AvgIpc) is 2.90. The highest BCUT2D eigenvalue weighted by Crippen LogP contribution is 2.25. The zero-order valence-electron chi connectivity index (χ0n) is 14.5. The predicted octanol–water partition coefficient (Wildman–Crippen LogP) is 3.57. The van der Waals surface area contributed by atoms with Gasteiger partial charge < -0.3 is 4.90 Å². The van der Waals surface area contributed by atoms with E-state index in [-0.39, 0.29) is 11.9 Å². The summed E-state index contributed by atoms with van der Waals surface area (Å²) in [4.78, 5) is 23.6. The van der Waals surface area contributed by atoms with Gasteiger partial charge in [-0.1, -0.05) is 13.0 Å². The summed E-state index contributed by atoms with van der Waals surface area (Å²) in [5.74, 6) is -0.0282. The first-order valence-electron chi connectivity index (χ1n) is 8.15. The first-order valence-corrected chi connectivity index (χ1v) is 8.15. The second-order valence-corrected chi connectivity index (χ2v) is 6.10. The fourth-order valence-electron chi connectivity index (χ4n) is 3.14. The maximum atomic E-state index is 13.1. The average molecular weight is 322 g/mol. The molecule has 5 heteroatoms. The van der Waals surface area contributed by atoms with Crippen molar-refractivity contribution in [2.24, 2.45) is 0 Å². The Kier molecular flexibility index (Phi) is 4.34. The molecule has 1 atom stereocenters. The smallest absolute Gasteiger partial charge is 0.273 e. The zero-order chi connectivity index (χ0) is 17.3. The van der Waals surface area contributed by atoms with Gasteiger partial charge >= 0.3 is 0 Å². The summed E-state index contributed by atoms with van der Waals surface area (Å²) in [5, 5.41) is 0. The summed E-state index contributed by atoms with van der Waals surface area (Å²) < 4.78 is 1.87. The SMILES string of the molecule is CC[C@@H](c1cccnc1)N(C)C(=O)c1c(C)nc2cc(C)ccn12. The van der Waals surface area contributed by atoms with Crippen molar-refractivity contribution in [3.63, 3.8) is 0 Å². The van der Waals surface area contributed by atoms with Crippen LogP contribution < -0.4 is 0 Å². The predicted molar refractivity (Wildman–Crippen MR) is 94.0 cm³/mol. The molecule has 3 aromatic heterocycles. The molecule has 0 aliphatic heterocycles. The molecule has 0 aliphatic carbocycles. The van der Waals surface area contributed by atoms with Crippen LogP contribution in [0.15, 0.2) is 42.9 Å². The monoisotopic (exact) mass is 322 g/mol. The Bertz CT molecular complexity index is 870. The number of rotatable bonds is 4. The van der Waals surface area contributed by atoms with Crippen molar-refractivity contribution in [3.05, 3.63) is 65.4 Å². The van der Waals surface area contributed by atoms with Gasteiger partial charge in [0, 0.05) is 25.6 Å². The highest BCUT2D eigenvalue weighted by molar-refractivity contribution is 5.94. The number of aromatic nitrogens is 3. The van der Waals surface area contributed by atoms with Gasteiger partial charge in [0.05, 0.1) is 11.7 Å². The van der Waals surface area contributed by atoms with Gasteiger partial charge in [0.25, 0.3) is 5.91 Å². The molecule has 3 heterocycles. The van der Waals surface area contributed by atoms with Crippen molar-refractivity contribution in [1.82, 2.24) is 19.3 Å². The Hall–Kier alpha value is -2.69. The number of pyridine rings is 2. The number of nitrogens with zero attached hydrogens (tertiary/aromatic N) is 4. The number of fused-ring (bicyclic) bond motifs is 1. The van der Waals surface area contributed by atoms with Gasteiger partial charge in [0.15, 0.2) is 0 Å². The maximum Gasteiger partial charge on any atom is 0.273 e. The van der Waals surface area contributed by atoms with Gasteiger partial charge in [0.2, 0.25) is 0 Å². The fraction of sp³-hybridized carbons (Fsp3) is 0.316. The number of imidazole rings is 1. The molecule has 5 nitrogen and oxygen atoms in total. The van der Waals surface area contributed by atoms with E-state index in [0.29, 0.717) is 5.69 Å². The Labute approximate surface area is 142 Å². The van der Waals surface area contributed by atoms with E-state index < -0.39 is 0 Å². The highest BCUT2D eigenvalue weighted by atomic mass is 16.2. The Balaban J connectivity index is 2.00. The lowest BCUT2D eigenvalue weighted by molar-refractivity contribution is 0.0718. The van der Waals surface area contributed by atoms with Crippen molar-refractivity contribution >= 4 is 11.6 Å². The summed E-state index contributed by atoms with van der Waals surface area (Å²) in [5.41, 5.74) is 4.34. The van der Waals surface area contributed by atoms with E-state index in [0.717, 1.165) is 28.9 Å². The number of hydrogen-bond acceptors (Lipinski definition) is 3. The molecule has 0 radical (unpaired) electrons. The molecule has 3 rings (SSSR count). The first-order chi connectivity index (χ1) is 11.5. The third kappa shape index (κ3) is 2.77. The molecule has 0 aromatic carbocycles. The molecule has 1 amide bonds. The number of hydrogen-bond donors (Lipinski definition) is 0. The quantitative estimate of drug-likeness (QED) is 0.738. The third-order valence-electron chi connectivity index (χ3n) is 4.40. The Morgan fingerprint density at radius 2 is 2.12 bits per heavy atom. The molecule has 0 spiro atoms. The second kappa shape index (κ2) is 6.43. The van der Waals surface area contributed by atoms with E-state index >= 15 is 0 Å². The third-order valence-corrected chi connectivity index (χ3v) is 4.40.